The fraction of sp³-hybridized carbons (Fsp3) is 0.222. The first-order valence-corrected chi connectivity index (χ1v) is 8.14. The Bertz CT molecular complexity index is 701. The summed E-state index contributed by atoms with van der Waals surface area (Å²) in [6, 6.07) is 15.1. The van der Waals surface area contributed by atoms with Crippen molar-refractivity contribution >= 4 is 28.9 Å². The molecule has 0 saturated carbocycles. The fourth-order valence-electron chi connectivity index (χ4n) is 2.13. The zero-order valence-corrected chi connectivity index (χ0v) is 15.0. The van der Waals surface area contributed by atoms with Crippen molar-refractivity contribution in [2.75, 3.05) is 19.5 Å². The smallest absolute Gasteiger partial charge is 0.238 e. The molecule has 0 aliphatic rings. The second-order valence-corrected chi connectivity index (χ2v) is 5.62. The van der Waals surface area contributed by atoms with Crippen molar-refractivity contribution in [3.8, 4) is 11.5 Å². The lowest BCUT2D eigenvalue weighted by Crippen LogP contribution is -2.43. The second-order valence-electron chi connectivity index (χ2n) is 5.21. The van der Waals surface area contributed by atoms with Crippen molar-refractivity contribution in [2.24, 2.45) is 0 Å². The minimum absolute atomic E-state index is 0.142. The van der Waals surface area contributed by atoms with Crippen LogP contribution in [0.4, 0.5) is 5.69 Å². The molecule has 0 saturated heterocycles. The van der Waals surface area contributed by atoms with Crippen LogP contribution in [0, 0.1) is 0 Å². The summed E-state index contributed by atoms with van der Waals surface area (Å²) in [5.74, 6) is 1.13. The van der Waals surface area contributed by atoms with Gasteiger partial charge in [-0.15, -0.1) is 0 Å². The molecule has 3 N–H and O–H groups in total. The van der Waals surface area contributed by atoms with Gasteiger partial charge in [0.05, 0.1) is 14.2 Å². The predicted molar refractivity (Wildman–Crippen MR) is 102 cm³/mol. The molecule has 7 heteroatoms. The van der Waals surface area contributed by atoms with Gasteiger partial charge in [0.1, 0.15) is 11.5 Å². The number of hydrogen-bond acceptors (Lipinski definition) is 4. The molecule has 1 amide bonds. The summed E-state index contributed by atoms with van der Waals surface area (Å²) in [6.07, 6.45) is 1.04. The summed E-state index contributed by atoms with van der Waals surface area (Å²) in [4.78, 5) is 11.9. The number of rotatable bonds is 6. The van der Waals surface area contributed by atoms with Gasteiger partial charge < -0.3 is 14.8 Å². The number of anilines is 1. The van der Waals surface area contributed by atoms with E-state index in [1.807, 2.05) is 30.3 Å². The number of hydrazine groups is 1. The van der Waals surface area contributed by atoms with E-state index in [9.17, 15) is 4.79 Å². The highest BCUT2D eigenvalue weighted by Crippen LogP contribution is 2.25. The Hall–Kier alpha value is -2.80. The Labute approximate surface area is 152 Å². The van der Waals surface area contributed by atoms with Gasteiger partial charge in [0.25, 0.3) is 0 Å². The van der Waals surface area contributed by atoms with Crippen LogP contribution in [0.5, 0.6) is 11.5 Å². The molecule has 0 aromatic heterocycles. The van der Waals surface area contributed by atoms with Crippen LogP contribution in [0.1, 0.15) is 12.0 Å². The third-order valence-electron chi connectivity index (χ3n) is 3.41. The Morgan fingerprint density at radius 3 is 2.24 bits per heavy atom. The Kier molecular flexibility index (Phi) is 7.03. The van der Waals surface area contributed by atoms with E-state index in [1.165, 1.54) is 0 Å². The van der Waals surface area contributed by atoms with Gasteiger partial charge in [-0.3, -0.25) is 15.6 Å². The van der Waals surface area contributed by atoms with Crippen molar-refractivity contribution in [2.45, 2.75) is 12.8 Å². The number of carbonyl (C=O) groups excluding carboxylic acids is 1. The van der Waals surface area contributed by atoms with Crippen LogP contribution >= 0.6 is 12.2 Å². The lowest BCUT2D eigenvalue weighted by molar-refractivity contribution is -0.121. The number of aryl methyl sites for hydroxylation is 1. The van der Waals surface area contributed by atoms with Crippen LogP contribution in [0.25, 0.3) is 0 Å². The molecular weight excluding hydrogens is 338 g/mol. The molecule has 0 fully saturated rings. The van der Waals surface area contributed by atoms with Crippen LogP contribution in [-0.2, 0) is 11.2 Å². The lowest BCUT2D eigenvalue weighted by atomic mass is 10.1. The summed E-state index contributed by atoms with van der Waals surface area (Å²) < 4.78 is 10.4. The van der Waals surface area contributed by atoms with E-state index in [-0.39, 0.29) is 11.0 Å². The van der Waals surface area contributed by atoms with Gasteiger partial charge >= 0.3 is 0 Å². The van der Waals surface area contributed by atoms with E-state index in [4.69, 9.17) is 21.7 Å². The normalized spacial score (nSPS) is 9.84. The molecule has 0 radical (unpaired) electrons. The van der Waals surface area contributed by atoms with Gasteiger partial charge in [-0.05, 0) is 24.2 Å². The maximum absolute atomic E-state index is 11.9. The zero-order valence-electron chi connectivity index (χ0n) is 14.2. The predicted octanol–water partition coefficient (Wildman–Crippen LogP) is 2.65. The van der Waals surface area contributed by atoms with Gasteiger partial charge in [-0.1, -0.05) is 30.3 Å². The summed E-state index contributed by atoms with van der Waals surface area (Å²) in [6.45, 7) is 0. The molecule has 0 unspecified atom stereocenters. The molecule has 2 aromatic rings. The minimum atomic E-state index is -0.142. The van der Waals surface area contributed by atoms with Crippen molar-refractivity contribution in [3.05, 3.63) is 54.1 Å². The molecular formula is C18H21N3O3S. The SMILES string of the molecule is COc1cc(NC(=S)NNC(=O)CCc2ccccc2)cc(OC)c1. The molecule has 0 spiro atoms. The molecule has 0 atom stereocenters. The van der Waals surface area contributed by atoms with Gasteiger partial charge in [0.2, 0.25) is 5.91 Å². The number of carbonyl (C=O) groups is 1. The molecule has 2 aromatic carbocycles. The minimum Gasteiger partial charge on any atom is -0.497 e. The van der Waals surface area contributed by atoms with Crippen LogP contribution in [0.3, 0.4) is 0 Å². The highest BCUT2D eigenvalue weighted by molar-refractivity contribution is 7.80. The molecule has 132 valence electrons. The summed E-state index contributed by atoms with van der Waals surface area (Å²) in [5, 5.41) is 3.23. The molecule has 0 bridgehead atoms. The Morgan fingerprint density at radius 2 is 1.64 bits per heavy atom. The van der Waals surface area contributed by atoms with E-state index in [0.29, 0.717) is 30.0 Å². The van der Waals surface area contributed by atoms with E-state index in [1.54, 1.807) is 32.4 Å². The lowest BCUT2D eigenvalue weighted by Gasteiger charge is -2.13. The molecule has 25 heavy (non-hydrogen) atoms. The number of hydrogen-bond donors (Lipinski definition) is 3. The molecule has 0 heterocycles. The van der Waals surface area contributed by atoms with Crippen molar-refractivity contribution in [1.29, 1.82) is 0 Å². The van der Waals surface area contributed by atoms with Crippen molar-refractivity contribution < 1.29 is 14.3 Å². The number of benzene rings is 2. The third-order valence-corrected chi connectivity index (χ3v) is 3.61. The number of nitrogens with one attached hydrogen (secondary N) is 3. The molecule has 6 nitrogen and oxygen atoms in total. The standard InChI is InChI=1S/C18H21N3O3S/c1-23-15-10-14(11-16(12-15)24-2)19-18(25)21-20-17(22)9-8-13-6-4-3-5-7-13/h3-7,10-12H,8-9H2,1-2H3,(H,20,22)(H2,19,21,25). The van der Waals surface area contributed by atoms with Gasteiger partial charge in [-0.25, -0.2) is 0 Å². The van der Waals surface area contributed by atoms with Gasteiger partial charge in [0, 0.05) is 30.3 Å². The first kappa shape index (κ1) is 18.5. The Balaban J connectivity index is 1.79. The van der Waals surface area contributed by atoms with E-state index in [0.717, 1.165) is 5.56 Å². The van der Waals surface area contributed by atoms with Crippen LogP contribution in [0.15, 0.2) is 48.5 Å². The van der Waals surface area contributed by atoms with Crippen LogP contribution in [-0.4, -0.2) is 25.2 Å². The first-order chi connectivity index (χ1) is 12.1. The topological polar surface area (TPSA) is 71.6 Å². The van der Waals surface area contributed by atoms with Crippen LogP contribution in [0.2, 0.25) is 0 Å². The largest absolute Gasteiger partial charge is 0.497 e. The quantitative estimate of drug-likeness (QED) is 0.544. The average molecular weight is 359 g/mol. The number of ether oxygens (including phenoxy) is 2. The monoisotopic (exact) mass is 359 g/mol. The average Bonchev–Trinajstić information content (AvgIpc) is 2.65. The van der Waals surface area contributed by atoms with E-state index < -0.39 is 0 Å². The third kappa shape index (κ3) is 6.31. The Morgan fingerprint density at radius 1 is 1.00 bits per heavy atom. The van der Waals surface area contributed by atoms with Gasteiger partial charge in [-0.2, -0.15) is 0 Å². The second kappa shape index (κ2) is 9.48. The number of amides is 1. The van der Waals surface area contributed by atoms with E-state index >= 15 is 0 Å². The fourth-order valence-corrected chi connectivity index (χ4v) is 2.30. The number of thiocarbonyl (C=S) groups is 1. The first-order valence-electron chi connectivity index (χ1n) is 7.73. The zero-order chi connectivity index (χ0) is 18.1. The molecule has 2 rings (SSSR count). The van der Waals surface area contributed by atoms with Crippen molar-refractivity contribution in [3.63, 3.8) is 0 Å². The maximum atomic E-state index is 11.9. The summed E-state index contributed by atoms with van der Waals surface area (Å²) in [5.41, 5.74) is 7.06. The summed E-state index contributed by atoms with van der Waals surface area (Å²) in [7, 11) is 3.14. The highest BCUT2D eigenvalue weighted by atomic mass is 32.1. The van der Waals surface area contributed by atoms with E-state index in [2.05, 4.69) is 16.2 Å². The molecule has 0 aliphatic carbocycles. The maximum Gasteiger partial charge on any atom is 0.238 e. The van der Waals surface area contributed by atoms with Crippen LogP contribution < -0.4 is 25.6 Å². The van der Waals surface area contributed by atoms with Crippen molar-refractivity contribution in [1.82, 2.24) is 10.9 Å². The summed E-state index contributed by atoms with van der Waals surface area (Å²) >= 11 is 5.17. The van der Waals surface area contributed by atoms with Gasteiger partial charge in [0.15, 0.2) is 5.11 Å². The molecule has 0 aliphatic heterocycles. The highest BCUT2D eigenvalue weighted by Gasteiger charge is 2.06. The number of methoxy groups -OCH3 is 2.